The number of nitrogens with zero attached hydrogens (tertiary/aromatic N) is 2. The molecule has 1 amide bonds. The van der Waals surface area contributed by atoms with Crippen molar-refractivity contribution in [3.05, 3.63) is 53.9 Å². The molecule has 6 nitrogen and oxygen atoms in total. The second kappa shape index (κ2) is 8.03. The van der Waals surface area contributed by atoms with Crippen molar-refractivity contribution in [1.29, 1.82) is 0 Å². The maximum atomic E-state index is 12.5. The molecule has 0 saturated heterocycles. The van der Waals surface area contributed by atoms with Gasteiger partial charge in [-0.15, -0.1) is 0 Å². The Morgan fingerprint density at radius 2 is 1.85 bits per heavy atom. The lowest BCUT2D eigenvalue weighted by atomic mass is 10.1. The van der Waals surface area contributed by atoms with Crippen LogP contribution in [0.2, 0.25) is 0 Å². The fourth-order valence-corrected chi connectivity index (χ4v) is 2.18. The maximum Gasteiger partial charge on any atom is 0.435 e. The Balaban J connectivity index is 1.86. The summed E-state index contributed by atoms with van der Waals surface area (Å²) in [5.41, 5.74) is -0.219. The number of hydrogen-bond acceptors (Lipinski definition) is 4. The average Bonchev–Trinajstić information content (AvgIpc) is 3.04. The molecule has 1 aromatic carbocycles. The molecule has 2 rings (SSSR count). The van der Waals surface area contributed by atoms with Crippen LogP contribution in [0.5, 0.6) is 0 Å². The van der Waals surface area contributed by atoms with Gasteiger partial charge in [0.05, 0.1) is 6.04 Å². The number of carbonyl (C=O) groups is 2. The molecule has 0 fully saturated rings. The summed E-state index contributed by atoms with van der Waals surface area (Å²) in [4.78, 5) is 23.9. The standard InChI is InChI=1S/C17H18F3N3O3/c1-11(13-6-4-3-5-7-13)21-16(25)12(2)26-15(24)10-23-9-8-14(22-23)17(18,19)20/h3-9,11-12H,10H2,1-2H3,(H,21,25). The minimum Gasteiger partial charge on any atom is -0.451 e. The Hall–Kier alpha value is -2.84. The highest BCUT2D eigenvalue weighted by Crippen LogP contribution is 2.27. The summed E-state index contributed by atoms with van der Waals surface area (Å²) in [5, 5.41) is 5.95. The van der Waals surface area contributed by atoms with Gasteiger partial charge in [-0.2, -0.15) is 18.3 Å². The Morgan fingerprint density at radius 3 is 2.42 bits per heavy atom. The number of nitrogens with one attached hydrogen (secondary N) is 1. The van der Waals surface area contributed by atoms with Crippen LogP contribution >= 0.6 is 0 Å². The van der Waals surface area contributed by atoms with Gasteiger partial charge in [0.25, 0.3) is 5.91 Å². The van der Waals surface area contributed by atoms with Crippen LogP contribution in [0.4, 0.5) is 13.2 Å². The van der Waals surface area contributed by atoms with E-state index in [2.05, 4.69) is 10.4 Å². The summed E-state index contributed by atoms with van der Waals surface area (Å²) in [6.07, 6.45) is -4.66. The van der Waals surface area contributed by atoms with E-state index >= 15 is 0 Å². The molecule has 26 heavy (non-hydrogen) atoms. The van der Waals surface area contributed by atoms with Crippen molar-refractivity contribution in [2.45, 2.75) is 38.7 Å². The van der Waals surface area contributed by atoms with E-state index < -0.39 is 36.4 Å². The number of halogens is 3. The highest BCUT2D eigenvalue weighted by molar-refractivity contribution is 5.83. The summed E-state index contributed by atoms with van der Waals surface area (Å²) < 4.78 is 43.2. The second-order valence-corrected chi connectivity index (χ2v) is 5.67. The van der Waals surface area contributed by atoms with Crippen LogP contribution in [0.15, 0.2) is 42.6 Å². The van der Waals surface area contributed by atoms with Gasteiger partial charge in [0.2, 0.25) is 0 Å². The van der Waals surface area contributed by atoms with E-state index in [1.165, 1.54) is 6.92 Å². The van der Waals surface area contributed by atoms with E-state index in [4.69, 9.17) is 4.74 Å². The van der Waals surface area contributed by atoms with Gasteiger partial charge in [0, 0.05) is 6.20 Å². The minimum atomic E-state index is -4.59. The molecule has 1 aromatic heterocycles. The number of carbonyl (C=O) groups excluding carboxylic acids is 2. The molecular formula is C17H18F3N3O3. The van der Waals surface area contributed by atoms with E-state index in [-0.39, 0.29) is 6.04 Å². The zero-order valence-corrected chi connectivity index (χ0v) is 14.2. The molecule has 0 aliphatic rings. The van der Waals surface area contributed by atoms with Crippen LogP contribution < -0.4 is 5.32 Å². The van der Waals surface area contributed by atoms with Gasteiger partial charge in [-0.1, -0.05) is 30.3 Å². The first-order valence-corrected chi connectivity index (χ1v) is 7.82. The quantitative estimate of drug-likeness (QED) is 0.795. The number of benzene rings is 1. The third kappa shape index (κ3) is 5.33. The van der Waals surface area contributed by atoms with Crippen molar-refractivity contribution in [1.82, 2.24) is 15.1 Å². The number of hydrogen-bond donors (Lipinski definition) is 1. The van der Waals surface area contributed by atoms with Gasteiger partial charge in [-0.05, 0) is 25.5 Å². The average molecular weight is 369 g/mol. The van der Waals surface area contributed by atoms with Crippen molar-refractivity contribution in [2.75, 3.05) is 0 Å². The molecule has 140 valence electrons. The molecule has 0 spiro atoms. The van der Waals surface area contributed by atoms with Crippen LogP contribution in [0.3, 0.4) is 0 Å². The van der Waals surface area contributed by atoms with Gasteiger partial charge in [-0.25, -0.2) is 0 Å². The molecular weight excluding hydrogens is 351 g/mol. The number of ether oxygens (including phenoxy) is 1. The first kappa shape index (κ1) is 19.5. The van der Waals surface area contributed by atoms with Gasteiger partial charge < -0.3 is 10.1 Å². The van der Waals surface area contributed by atoms with Crippen molar-refractivity contribution in [3.8, 4) is 0 Å². The van der Waals surface area contributed by atoms with Crippen molar-refractivity contribution in [3.63, 3.8) is 0 Å². The predicted octanol–water partition coefficient (Wildman–Crippen LogP) is 2.71. The van der Waals surface area contributed by atoms with E-state index in [9.17, 15) is 22.8 Å². The summed E-state index contributed by atoms with van der Waals surface area (Å²) in [5.74, 6) is -1.37. The lowest BCUT2D eigenvalue weighted by Crippen LogP contribution is -2.37. The number of rotatable bonds is 6. The Morgan fingerprint density at radius 1 is 1.19 bits per heavy atom. The molecule has 0 aliphatic heterocycles. The summed E-state index contributed by atoms with van der Waals surface area (Å²) in [7, 11) is 0. The highest BCUT2D eigenvalue weighted by atomic mass is 19.4. The third-order valence-corrected chi connectivity index (χ3v) is 3.56. The lowest BCUT2D eigenvalue weighted by Gasteiger charge is -2.18. The molecule has 9 heteroatoms. The Labute approximate surface area is 147 Å². The maximum absolute atomic E-state index is 12.5. The van der Waals surface area contributed by atoms with Gasteiger partial charge >= 0.3 is 12.1 Å². The third-order valence-electron chi connectivity index (χ3n) is 3.56. The lowest BCUT2D eigenvalue weighted by molar-refractivity contribution is -0.156. The zero-order chi connectivity index (χ0) is 19.3. The highest BCUT2D eigenvalue weighted by Gasteiger charge is 2.33. The normalized spacial score (nSPS) is 13.7. The molecule has 0 bridgehead atoms. The van der Waals surface area contributed by atoms with Crippen LogP contribution in [-0.4, -0.2) is 27.8 Å². The zero-order valence-electron chi connectivity index (χ0n) is 14.2. The molecule has 1 N–H and O–H groups in total. The molecule has 2 atom stereocenters. The number of aromatic nitrogens is 2. The molecule has 1 heterocycles. The van der Waals surface area contributed by atoms with Crippen LogP contribution in [0.25, 0.3) is 0 Å². The smallest absolute Gasteiger partial charge is 0.435 e. The summed E-state index contributed by atoms with van der Waals surface area (Å²) >= 11 is 0. The number of esters is 1. The van der Waals surface area contributed by atoms with Crippen molar-refractivity contribution >= 4 is 11.9 Å². The van der Waals surface area contributed by atoms with Gasteiger partial charge in [-0.3, -0.25) is 14.3 Å². The van der Waals surface area contributed by atoms with Crippen LogP contribution in [0.1, 0.15) is 31.1 Å². The van der Waals surface area contributed by atoms with E-state index in [0.29, 0.717) is 0 Å². The monoisotopic (exact) mass is 369 g/mol. The largest absolute Gasteiger partial charge is 0.451 e. The Kier molecular flexibility index (Phi) is 6.01. The Bertz CT molecular complexity index is 759. The predicted molar refractivity (Wildman–Crippen MR) is 85.8 cm³/mol. The molecule has 0 saturated carbocycles. The van der Waals surface area contributed by atoms with Crippen LogP contribution in [-0.2, 0) is 27.0 Å². The van der Waals surface area contributed by atoms with E-state index in [0.717, 1.165) is 22.5 Å². The van der Waals surface area contributed by atoms with E-state index in [1.54, 1.807) is 6.92 Å². The topological polar surface area (TPSA) is 73.2 Å². The molecule has 2 unspecified atom stereocenters. The first-order chi connectivity index (χ1) is 12.2. The molecule has 2 aromatic rings. The minimum absolute atomic E-state index is 0.287. The summed E-state index contributed by atoms with van der Waals surface area (Å²) in [6, 6.07) is 9.68. The first-order valence-electron chi connectivity index (χ1n) is 7.82. The van der Waals surface area contributed by atoms with Crippen LogP contribution in [0, 0.1) is 0 Å². The van der Waals surface area contributed by atoms with Gasteiger partial charge in [0.1, 0.15) is 6.54 Å². The molecule has 0 aliphatic carbocycles. The van der Waals surface area contributed by atoms with Gasteiger partial charge in [0.15, 0.2) is 11.8 Å². The van der Waals surface area contributed by atoms with Crippen molar-refractivity contribution < 1.29 is 27.5 Å². The summed E-state index contributed by atoms with van der Waals surface area (Å²) in [6.45, 7) is 2.64. The fraction of sp³-hybridized carbons (Fsp3) is 0.353. The SMILES string of the molecule is CC(OC(=O)Cn1ccc(C(F)(F)F)n1)C(=O)NC(C)c1ccccc1. The van der Waals surface area contributed by atoms with Crippen molar-refractivity contribution in [2.24, 2.45) is 0 Å². The number of alkyl halides is 3. The molecule has 0 radical (unpaired) electrons. The number of amides is 1. The van der Waals surface area contributed by atoms with E-state index in [1.807, 2.05) is 30.3 Å². The second-order valence-electron chi connectivity index (χ2n) is 5.67. The fourth-order valence-electron chi connectivity index (χ4n) is 2.18.